The van der Waals surface area contributed by atoms with E-state index in [0.29, 0.717) is 0 Å². The highest BCUT2D eigenvalue weighted by Crippen LogP contribution is 2.21. The Bertz CT molecular complexity index is 687. The molecule has 0 aliphatic rings. The number of hydrogen-bond donors (Lipinski definition) is 1. The molecule has 0 bridgehead atoms. The van der Waals surface area contributed by atoms with Crippen LogP contribution < -0.4 is 4.72 Å². The van der Waals surface area contributed by atoms with Crippen LogP contribution >= 0.6 is 0 Å². The molecule has 12 heteroatoms. The molecule has 1 atom stereocenters. The molecule has 1 unspecified atom stereocenters. The topological polar surface area (TPSA) is 116 Å². The molecule has 0 aliphatic heterocycles. The van der Waals surface area contributed by atoms with Gasteiger partial charge in [0.15, 0.2) is 0 Å². The van der Waals surface area contributed by atoms with Crippen molar-refractivity contribution < 1.29 is 36.0 Å². The number of sulfonamides is 1. The van der Waals surface area contributed by atoms with Crippen LogP contribution in [0.25, 0.3) is 0 Å². The maximum atomic E-state index is 12.1. The molecule has 1 N–H and O–H groups in total. The van der Waals surface area contributed by atoms with Gasteiger partial charge in [0.05, 0.1) is 10.5 Å². The molecule has 8 nitrogen and oxygen atoms in total. The van der Waals surface area contributed by atoms with Crippen LogP contribution in [0.15, 0.2) is 24.3 Å². The van der Waals surface area contributed by atoms with Crippen molar-refractivity contribution in [1.29, 1.82) is 0 Å². The van der Waals surface area contributed by atoms with Crippen LogP contribution in [-0.4, -0.2) is 37.5 Å². The van der Waals surface area contributed by atoms with E-state index in [9.17, 15) is 36.5 Å². The molecule has 0 aliphatic carbocycles. The molecule has 0 amide bonds. The fourth-order valence-electron chi connectivity index (χ4n) is 1.32. The van der Waals surface area contributed by atoms with Crippen LogP contribution in [0.2, 0.25) is 0 Å². The summed E-state index contributed by atoms with van der Waals surface area (Å²) in [7, 11) is -5.52. The summed E-state index contributed by atoms with van der Waals surface area (Å²) in [6, 6.07) is 4.31. The molecule has 1 aromatic rings. The Kier molecular flexibility index (Phi) is 5.66. The molecule has 0 radical (unpaired) electrons. The van der Waals surface area contributed by atoms with Gasteiger partial charge in [0.25, 0.3) is 5.69 Å². The van der Waals surface area contributed by atoms with Gasteiger partial charge in [-0.2, -0.15) is 13.2 Å². The number of carbonyl (C=O) groups excluding carboxylic acids is 1. The third-order valence-corrected chi connectivity index (χ3v) is 3.64. The van der Waals surface area contributed by atoms with Crippen LogP contribution in [0.5, 0.6) is 0 Å². The lowest BCUT2D eigenvalue weighted by molar-refractivity contribution is -0.384. The first-order valence-electron chi connectivity index (χ1n) is 5.95. The van der Waals surface area contributed by atoms with E-state index < -0.39 is 39.1 Å². The van der Waals surface area contributed by atoms with Crippen LogP contribution in [0.3, 0.4) is 0 Å². The first-order valence-corrected chi connectivity index (χ1v) is 7.43. The molecular weight excluding hydrogens is 345 g/mol. The third-order valence-electron chi connectivity index (χ3n) is 2.49. The van der Waals surface area contributed by atoms with E-state index in [1.165, 1.54) is 11.6 Å². The maximum Gasteiger partial charge on any atom is 0.511 e. The number of nitrogens with one attached hydrogen (secondary N) is 1. The van der Waals surface area contributed by atoms with E-state index in [-0.39, 0.29) is 11.3 Å². The minimum Gasteiger partial charge on any atom is -0.458 e. The van der Waals surface area contributed by atoms with Crippen LogP contribution in [0, 0.1) is 10.1 Å². The standard InChI is InChI=1S/C11H11F3N2O6S/c1-7(6-15-23(20,21)11(12,13)14)22-10(17)8-2-4-9(5-3-8)16(18)19/h2-5,7,15H,6H2,1H3. The van der Waals surface area contributed by atoms with Gasteiger partial charge < -0.3 is 4.74 Å². The zero-order chi connectivity index (χ0) is 17.8. The molecule has 0 aromatic heterocycles. The van der Waals surface area contributed by atoms with Crippen molar-refractivity contribution in [3.05, 3.63) is 39.9 Å². The quantitative estimate of drug-likeness (QED) is 0.470. The molecule has 0 spiro atoms. The fraction of sp³-hybridized carbons (Fsp3) is 0.364. The molecular formula is C11H11F3N2O6S. The summed E-state index contributed by atoms with van der Waals surface area (Å²) in [5.41, 5.74) is -5.79. The minimum atomic E-state index is -5.52. The number of alkyl halides is 3. The first kappa shape index (κ1) is 18.8. The number of benzene rings is 1. The molecule has 128 valence electrons. The maximum absolute atomic E-state index is 12.1. The van der Waals surface area contributed by atoms with Crippen molar-refractivity contribution in [3.63, 3.8) is 0 Å². The van der Waals surface area contributed by atoms with Crippen LogP contribution in [0.4, 0.5) is 18.9 Å². The number of esters is 1. The predicted molar refractivity (Wildman–Crippen MR) is 71.0 cm³/mol. The van der Waals surface area contributed by atoms with Gasteiger partial charge in [-0.25, -0.2) is 17.9 Å². The third kappa shape index (κ3) is 5.17. The number of nitro benzene ring substituents is 1. The summed E-state index contributed by atoms with van der Waals surface area (Å²) >= 11 is 0. The van der Waals surface area contributed by atoms with Gasteiger partial charge in [-0.15, -0.1) is 0 Å². The Labute approximate surface area is 128 Å². The average molecular weight is 356 g/mol. The smallest absolute Gasteiger partial charge is 0.458 e. The van der Waals surface area contributed by atoms with E-state index in [2.05, 4.69) is 0 Å². The van der Waals surface area contributed by atoms with Gasteiger partial charge in [0.2, 0.25) is 0 Å². The molecule has 0 saturated heterocycles. The number of nitro groups is 1. The first-order chi connectivity index (χ1) is 10.4. The van der Waals surface area contributed by atoms with E-state index in [1.54, 1.807) is 0 Å². The lowest BCUT2D eigenvalue weighted by Gasteiger charge is -2.15. The number of ether oxygens (including phenoxy) is 1. The van der Waals surface area contributed by atoms with Crippen LogP contribution in [0.1, 0.15) is 17.3 Å². The lowest BCUT2D eigenvalue weighted by Crippen LogP contribution is -2.40. The second-order valence-electron chi connectivity index (χ2n) is 4.32. The van der Waals surface area contributed by atoms with Crippen molar-refractivity contribution in [3.8, 4) is 0 Å². The Morgan fingerprint density at radius 3 is 2.30 bits per heavy atom. The van der Waals surface area contributed by atoms with E-state index in [4.69, 9.17) is 4.74 Å². The molecule has 1 rings (SSSR count). The second kappa shape index (κ2) is 6.91. The summed E-state index contributed by atoms with van der Waals surface area (Å²) in [5.74, 6) is -0.960. The summed E-state index contributed by atoms with van der Waals surface area (Å²) in [6.07, 6.45) is -1.19. The molecule has 1 aromatic carbocycles. The Morgan fingerprint density at radius 1 is 1.35 bits per heavy atom. The number of carbonyl (C=O) groups is 1. The molecule has 0 heterocycles. The number of rotatable bonds is 6. The molecule has 23 heavy (non-hydrogen) atoms. The van der Waals surface area contributed by atoms with Gasteiger partial charge in [-0.1, -0.05) is 0 Å². The zero-order valence-electron chi connectivity index (χ0n) is 11.5. The summed E-state index contributed by atoms with van der Waals surface area (Å²) < 4.78 is 63.9. The lowest BCUT2D eigenvalue weighted by atomic mass is 10.2. The number of nitrogens with zero attached hydrogens (tertiary/aromatic N) is 1. The highest BCUT2D eigenvalue weighted by Gasteiger charge is 2.45. The van der Waals surface area contributed by atoms with Crippen molar-refractivity contribution >= 4 is 21.7 Å². The van der Waals surface area contributed by atoms with Crippen molar-refractivity contribution in [2.45, 2.75) is 18.5 Å². The Hall–Kier alpha value is -2.21. The second-order valence-corrected chi connectivity index (χ2v) is 6.08. The van der Waals surface area contributed by atoms with Crippen molar-refractivity contribution in [2.75, 3.05) is 6.54 Å². The highest BCUT2D eigenvalue weighted by atomic mass is 32.2. The van der Waals surface area contributed by atoms with Gasteiger partial charge in [0, 0.05) is 18.7 Å². The number of non-ortho nitro benzene ring substituents is 1. The van der Waals surface area contributed by atoms with Gasteiger partial charge in [-0.05, 0) is 19.1 Å². The molecule has 0 fully saturated rings. The largest absolute Gasteiger partial charge is 0.511 e. The van der Waals surface area contributed by atoms with Crippen molar-refractivity contribution in [2.24, 2.45) is 0 Å². The normalized spacial score (nSPS) is 13.4. The number of hydrogen-bond acceptors (Lipinski definition) is 6. The zero-order valence-corrected chi connectivity index (χ0v) is 12.3. The minimum absolute atomic E-state index is 0.0684. The summed E-state index contributed by atoms with van der Waals surface area (Å²) in [6.45, 7) is 0.406. The monoisotopic (exact) mass is 356 g/mol. The van der Waals surface area contributed by atoms with Crippen LogP contribution in [-0.2, 0) is 14.8 Å². The SMILES string of the molecule is CC(CNS(=O)(=O)C(F)(F)F)OC(=O)c1ccc([N+](=O)[O-])cc1. The average Bonchev–Trinajstić information content (AvgIpc) is 2.44. The predicted octanol–water partition coefficient (Wildman–Crippen LogP) is 1.58. The van der Waals surface area contributed by atoms with Gasteiger partial charge in [-0.3, -0.25) is 10.1 Å². The van der Waals surface area contributed by atoms with Gasteiger partial charge >= 0.3 is 21.5 Å². The van der Waals surface area contributed by atoms with Crippen molar-refractivity contribution in [1.82, 2.24) is 4.72 Å². The van der Waals surface area contributed by atoms with Gasteiger partial charge in [0.1, 0.15) is 6.10 Å². The van der Waals surface area contributed by atoms with E-state index in [1.807, 2.05) is 0 Å². The highest BCUT2D eigenvalue weighted by molar-refractivity contribution is 7.90. The summed E-state index contributed by atoms with van der Waals surface area (Å²) in [4.78, 5) is 21.4. The number of halogens is 3. The van der Waals surface area contributed by atoms with E-state index in [0.717, 1.165) is 24.3 Å². The molecule has 0 saturated carbocycles. The summed E-state index contributed by atoms with van der Waals surface area (Å²) in [5, 5.41) is 10.5. The van der Waals surface area contributed by atoms with E-state index >= 15 is 0 Å². The fourth-order valence-corrected chi connectivity index (χ4v) is 1.94. The Morgan fingerprint density at radius 2 is 1.87 bits per heavy atom. The Balaban J connectivity index is 2.62.